The van der Waals surface area contributed by atoms with Gasteiger partial charge in [-0.1, -0.05) is 12.1 Å². The predicted molar refractivity (Wildman–Crippen MR) is 86.5 cm³/mol. The van der Waals surface area contributed by atoms with Crippen molar-refractivity contribution >= 4 is 23.5 Å². The molecule has 1 aromatic rings. The number of thioether (sulfide) groups is 2. The second-order valence-corrected chi connectivity index (χ2v) is 7.79. The smallest absolute Gasteiger partial charge is 0.0820 e. The SMILES string of the molecule is CSc1ccc(C(O)C2CCOC3(CCSC3)C2)cc1. The van der Waals surface area contributed by atoms with Gasteiger partial charge in [-0.3, -0.25) is 0 Å². The summed E-state index contributed by atoms with van der Waals surface area (Å²) in [6.07, 6.45) is 4.85. The lowest BCUT2D eigenvalue weighted by Gasteiger charge is -2.39. The van der Waals surface area contributed by atoms with Crippen LogP contribution in [0.2, 0.25) is 0 Å². The Hall–Kier alpha value is -0.160. The second-order valence-electron chi connectivity index (χ2n) is 5.80. The fraction of sp³-hybridized carbons (Fsp3) is 0.625. The minimum Gasteiger partial charge on any atom is -0.388 e. The highest BCUT2D eigenvalue weighted by molar-refractivity contribution is 7.99. The molecule has 0 aromatic heterocycles. The van der Waals surface area contributed by atoms with Crippen LogP contribution in [0.15, 0.2) is 29.2 Å². The van der Waals surface area contributed by atoms with E-state index >= 15 is 0 Å². The average molecular weight is 310 g/mol. The number of aliphatic hydroxyl groups excluding tert-OH is 1. The highest BCUT2D eigenvalue weighted by Gasteiger charge is 2.42. The predicted octanol–water partition coefficient (Wildman–Crippen LogP) is 3.74. The fourth-order valence-corrected chi connectivity index (χ4v) is 5.06. The summed E-state index contributed by atoms with van der Waals surface area (Å²) in [5.41, 5.74) is 1.10. The first kappa shape index (κ1) is 14.8. The molecule has 110 valence electrons. The maximum atomic E-state index is 10.7. The van der Waals surface area contributed by atoms with Gasteiger partial charge in [0.1, 0.15) is 0 Å². The van der Waals surface area contributed by atoms with Crippen molar-refractivity contribution in [3.8, 4) is 0 Å². The highest BCUT2D eigenvalue weighted by Crippen LogP contribution is 2.44. The van der Waals surface area contributed by atoms with Crippen LogP contribution in [0.4, 0.5) is 0 Å². The molecule has 0 bridgehead atoms. The second kappa shape index (κ2) is 6.30. The van der Waals surface area contributed by atoms with Gasteiger partial charge in [-0.15, -0.1) is 11.8 Å². The van der Waals surface area contributed by atoms with E-state index in [1.807, 2.05) is 11.8 Å². The molecule has 1 aromatic carbocycles. The van der Waals surface area contributed by atoms with Crippen molar-refractivity contribution in [2.45, 2.75) is 35.9 Å². The molecule has 4 heteroatoms. The normalized spacial score (nSPS) is 31.6. The van der Waals surface area contributed by atoms with Crippen molar-refractivity contribution in [1.29, 1.82) is 0 Å². The van der Waals surface area contributed by atoms with Gasteiger partial charge in [0, 0.05) is 17.3 Å². The Morgan fingerprint density at radius 3 is 2.85 bits per heavy atom. The van der Waals surface area contributed by atoms with Crippen LogP contribution in [0.25, 0.3) is 0 Å². The minimum absolute atomic E-state index is 0.0494. The molecule has 2 fully saturated rings. The van der Waals surface area contributed by atoms with Crippen molar-refractivity contribution in [2.75, 3.05) is 24.4 Å². The molecule has 2 aliphatic rings. The van der Waals surface area contributed by atoms with Crippen LogP contribution in [0, 0.1) is 5.92 Å². The quantitative estimate of drug-likeness (QED) is 0.861. The van der Waals surface area contributed by atoms with E-state index in [-0.39, 0.29) is 11.7 Å². The molecule has 1 spiro atoms. The van der Waals surface area contributed by atoms with Crippen LogP contribution in [-0.2, 0) is 4.74 Å². The number of ether oxygens (including phenoxy) is 1. The zero-order chi connectivity index (χ0) is 14.0. The Morgan fingerprint density at radius 1 is 1.40 bits per heavy atom. The molecule has 3 rings (SSSR count). The van der Waals surface area contributed by atoms with Crippen LogP contribution in [-0.4, -0.2) is 35.1 Å². The summed E-state index contributed by atoms with van der Waals surface area (Å²) < 4.78 is 6.04. The largest absolute Gasteiger partial charge is 0.388 e. The molecule has 2 aliphatic heterocycles. The summed E-state index contributed by atoms with van der Waals surface area (Å²) in [4.78, 5) is 1.25. The van der Waals surface area contributed by atoms with Crippen molar-refractivity contribution in [2.24, 2.45) is 5.92 Å². The molecule has 0 aliphatic carbocycles. The Balaban J connectivity index is 1.70. The third kappa shape index (κ3) is 3.03. The van der Waals surface area contributed by atoms with Gasteiger partial charge in [0.05, 0.1) is 11.7 Å². The van der Waals surface area contributed by atoms with E-state index < -0.39 is 0 Å². The van der Waals surface area contributed by atoms with Crippen LogP contribution in [0.3, 0.4) is 0 Å². The van der Waals surface area contributed by atoms with E-state index in [1.165, 1.54) is 10.6 Å². The summed E-state index contributed by atoms with van der Waals surface area (Å²) in [6.45, 7) is 0.797. The molecule has 3 atom stereocenters. The van der Waals surface area contributed by atoms with Crippen molar-refractivity contribution in [3.05, 3.63) is 29.8 Å². The standard InChI is InChI=1S/C16H22O2S2/c1-19-14-4-2-12(3-5-14)15(17)13-6-8-18-16(10-13)7-9-20-11-16/h2-5,13,15,17H,6-11H2,1H3. The maximum Gasteiger partial charge on any atom is 0.0820 e. The summed E-state index contributed by atoms with van der Waals surface area (Å²) in [6, 6.07) is 8.34. The van der Waals surface area contributed by atoms with E-state index in [4.69, 9.17) is 4.74 Å². The molecule has 20 heavy (non-hydrogen) atoms. The lowest BCUT2D eigenvalue weighted by Crippen LogP contribution is -2.41. The Labute approximate surface area is 129 Å². The Morgan fingerprint density at radius 2 is 2.20 bits per heavy atom. The lowest BCUT2D eigenvalue weighted by atomic mass is 9.80. The number of hydrogen-bond acceptors (Lipinski definition) is 4. The minimum atomic E-state index is -0.350. The molecule has 2 nitrogen and oxygen atoms in total. The molecule has 0 saturated carbocycles. The first-order valence-electron chi connectivity index (χ1n) is 7.26. The van der Waals surface area contributed by atoms with E-state index in [9.17, 15) is 5.11 Å². The summed E-state index contributed by atoms with van der Waals surface area (Å²) in [7, 11) is 0. The van der Waals surface area contributed by atoms with Gasteiger partial charge < -0.3 is 9.84 Å². The van der Waals surface area contributed by atoms with Gasteiger partial charge in [0.15, 0.2) is 0 Å². The number of hydrogen-bond donors (Lipinski definition) is 1. The Bertz CT molecular complexity index is 440. The monoisotopic (exact) mass is 310 g/mol. The fourth-order valence-electron chi connectivity index (χ4n) is 3.27. The third-order valence-corrected chi connectivity index (χ3v) is 6.47. The topological polar surface area (TPSA) is 29.5 Å². The number of aliphatic hydroxyl groups is 1. The van der Waals surface area contributed by atoms with Gasteiger partial charge in [-0.25, -0.2) is 0 Å². The van der Waals surface area contributed by atoms with Crippen LogP contribution >= 0.6 is 23.5 Å². The van der Waals surface area contributed by atoms with Gasteiger partial charge in [-0.2, -0.15) is 11.8 Å². The van der Waals surface area contributed by atoms with Crippen LogP contribution in [0.5, 0.6) is 0 Å². The molecule has 0 amide bonds. The van der Waals surface area contributed by atoms with Gasteiger partial charge >= 0.3 is 0 Å². The van der Waals surface area contributed by atoms with E-state index in [1.54, 1.807) is 11.8 Å². The first-order valence-corrected chi connectivity index (χ1v) is 9.64. The van der Waals surface area contributed by atoms with Gasteiger partial charge in [0.2, 0.25) is 0 Å². The molecular formula is C16H22O2S2. The van der Waals surface area contributed by atoms with Crippen molar-refractivity contribution < 1.29 is 9.84 Å². The number of benzene rings is 1. The van der Waals surface area contributed by atoms with Crippen LogP contribution in [0.1, 0.15) is 30.9 Å². The zero-order valence-corrected chi connectivity index (χ0v) is 13.5. The molecule has 2 heterocycles. The van der Waals surface area contributed by atoms with Crippen molar-refractivity contribution in [3.63, 3.8) is 0 Å². The zero-order valence-electron chi connectivity index (χ0n) is 11.9. The molecule has 1 N–H and O–H groups in total. The lowest BCUT2D eigenvalue weighted by molar-refractivity contribution is -0.102. The molecular weight excluding hydrogens is 288 g/mol. The van der Waals surface area contributed by atoms with Gasteiger partial charge in [-0.05, 0) is 54.9 Å². The Kier molecular flexibility index (Phi) is 4.65. The van der Waals surface area contributed by atoms with E-state index in [2.05, 4.69) is 30.5 Å². The van der Waals surface area contributed by atoms with E-state index in [0.29, 0.717) is 5.92 Å². The molecule has 0 radical (unpaired) electrons. The maximum absolute atomic E-state index is 10.7. The highest BCUT2D eigenvalue weighted by atomic mass is 32.2. The molecule has 2 saturated heterocycles. The third-order valence-electron chi connectivity index (χ3n) is 4.50. The van der Waals surface area contributed by atoms with Gasteiger partial charge in [0.25, 0.3) is 0 Å². The molecule has 3 unspecified atom stereocenters. The van der Waals surface area contributed by atoms with Crippen LogP contribution < -0.4 is 0 Å². The summed E-state index contributed by atoms with van der Waals surface area (Å²) in [5.74, 6) is 2.63. The summed E-state index contributed by atoms with van der Waals surface area (Å²) in [5, 5.41) is 10.7. The number of rotatable bonds is 3. The average Bonchev–Trinajstić information content (AvgIpc) is 2.94. The first-order chi connectivity index (χ1) is 9.72. The van der Waals surface area contributed by atoms with E-state index in [0.717, 1.165) is 37.2 Å². The summed E-state index contributed by atoms with van der Waals surface area (Å²) >= 11 is 3.72. The van der Waals surface area contributed by atoms with Crippen molar-refractivity contribution in [1.82, 2.24) is 0 Å².